The van der Waals surface area contributed by atoms with Crippen LogP contribution in [-0.2, 0) is 0 Å². The molecule has 0 spiro atoms. The Bertz CT molecular complexity index is 612. The summed E-state index contributed by atoms with van der Waals surface area (Å²) in [6.45, 7) is 2.41. The number of nitrogens with one attached hydrogen (secondary N) is 1. The predicted molar refractivity (Wildman–Crippen MR) is 89.6 cm³/mol. The van der Waals surface area contributed by atoms with Gasteiger partial charge in [-0.1, -0.05) is 68.1 Å². The van der Waals surface area contributed by atoms with Gasteiger partial charge in [0.2, 0.25) is 0 Å². The van der Waals surface area contributed by atoms with Crippen LogP contribution in [0.5, 0.6) is 0 Å². The number of hydrogen-bond acceptors (Lipinski definition) is 1. The number of benzene rings is 2. The van der Waals surface area contributed by atoms with E-state index in [1.54, 1.807) is 5.56 Å². The van der Waals surface area contributed by atoms with Crippen molar-refractivity contribution in [2.45, 2.75) is 38.0 Å². The molecule has 0 radical (unpaired) electrons. The van der Waals surface area contributed by atoms with E-state index < -0.39 is 0 Å². The lowest BCUT2D eigenvalue weighted by Crippen LogP contribution is -2.38. The fraction of sp³-hybridized carbons (Fsp3) is 0.500. The van der Waals surface area contributed by atoms with E-state index in [1.807, 2.05) is 0 Å². The topological polar surface area (TPSA) is 12.0 Å². The molecule has 1 aliphatic carbocycles. The lowest BCUT2D eigenvalue weighted by Gasteiger charge is -2.36. The summed E-state index contributed by atoms with van der Waals surface area (Å²) < 4.78 is 0. The Morgan fingerprint density at radius 1 is 0.857 bits per heavy atom. The lowest BCUT2D eigenvalue weighted by molar-refractivity contribution is 0.231. The summed E-state index contributed by atoms with van der Waals surface area (Å²) in [5.41, 5.74) is 1.58. The molecule has 2 aromatic rings. The van der Waals surface area contributed by atoms with Gasteiger partial charge in [-0.3, -0.25) is 0 Å². The Labute approximate surface area is 127 Å². The van der Waals surface area contributed by atoms with E-state index in [1.165, 1.54) is 56.0 Å². The van der Waals surface area contributed by atoms with E-state index in [4.69, 9.17) is 0 Å². The summed E-state index contributed by atoms with van der Waals surface area (Å²) in [6, 6.07) is 15.9. The van der Waals surface area contributed by atoms with Gasteiger partial charge in [0.05, 0.1) is 0 Å². The first-order valence-electron chi connectivity index (χ1n) is 8.61. The molecule has 1 heteroatoms. The van der Waals surface area contributed by atoms with Crippen LogP contribution in [-0.4, -0.2) is 13.1 Å². The number of rotatable bonds is 2. The fourth-order valence-corrected chi connectivity index (χ4v) is 4.62. The summed E-state index contributed by atoms with van der Waals surface area (Å²) in [5, 5.41) is 6.42. The first-order valence-corrected chi connectivity index (χ1v) is 8.61. The highest BCUT2D eigenvalue weighted by Gasteiger charge is 2.34. The Balaban J connectivity index is 1.67. The molecule has 21 heavy (non-hydrogen) atoms. The second-order valence-corrected chi connectivity index (χ2v) is 6.91. The zero-order valence-electron chi connectivity index (χ0n) is 12.7. The monoisotopic (exact) mass is 279 g/mol. The first-order chi connectivity index (χ1) is 10.4. The van der Waals surface area contributed by atoms with Crippen molar-refractivity contribution in [3.8, 4) is 0 Å². The maximum Gasteiger partial charge on any atom is -0.00120 e. The molecule has 0 bridgehead atoms. The Hall–Kier alpha value is -1.34. The summed E-state index contributed by atoms with van der Waals surface area (Å²) in [7, 11) is 0. The van der Waals surface area contributed by atoms with Crippen molar-refractivity contribution in [1.29, 1.82) is 0 Å². The quantitative estimate of drug-likeness (QED) is 0.838. The van der Waals surface area contributed by atoms with E-state index >= 15 is 0 Å². The maximum atomic E-state index is 3.65. The molecule has 1 saturated carbocycles. The highest BCUT2D eigenvalue weighted by molar-refractivity contribution is 5.83. The van der Waals surface area contributed by atoms with Gasteiger partial charge >= 0.3 is 0 Å². The molecule has 1 saturated heterocycles. The summed E-state index contributed by atoms with van der Waals surface area (Å²) in [4.78, 5) is 0. The third-order valence-corrected chi connectivity index (χ3v) is 5.74. The van der Waals surface area contributed by atoms with Crippen molar-refractivity contribution in [3.63, 3.8) is 0 Å². The van der Waals surface area contributed by atoms with Crippen LogP contribution in [0.4, 0.5) is 0 Å². The third kappa shape index (κ3) is 2.60. The molecule has 2 atom stereocenters. The number of fused-ring (bicyclic) bond motifs is 1. The summed E-state index contributed by atoms with van der Waals surface area (Å²) in [6.07, 6.45) is 7.11. The van der Waals surface area contributed by atoms with Crippen molar-refractivity contribution >= 4 is 10.8 Å². The smallest absolute Gasteiger partial charge is 0.00120 e. The van der Waals surface area contributed by atoms with Crippen LogP contribution in [0, 0.1) is 11.8 Å². The molecule has 2 aliphatic rings. The van der Waals surface area contributed by atoms with Gasteiger partial charge in [-0.2, -0.15) is 0 Å². The third-order valence-electron chi connectivity index (χ3n) is 5.74. The van der Waals surface area contributed by atoms with Crippen LogP contribution < -0.4 is 5.32 Å². The second kappa shape index (κ2) is 5.81. The van der Waals surface area contributed by atoms with Crippen molar-refractivity contribution < 1.29 is 0 Å². The second-order valence-electron chi connectivity index (χ2n) is 6.91. The van der Waals surface area contributed by atoms with Crippen LogP contribution in [0.1, 0.15) is 43.6 Å². The summed E-state index contributed by atoms with van der Waals surface area (Å²) in [5.74, 6) is 2.57. The minimum absolute atomic E-state index is 0.763. The molecule has 1 aliphatic heterocycles. The van der Waals surface area contributed by atoms with Gasteiger partial charge in [0.15, 0.2) is 0 Å². The van der Waals surface area contributed by atoms with Crippen molar-refractivity contribution in [1.82, 2.24) is 5.32 Å². The van der Waals surface area contributed by atoms with E-state index in [9.17, 15) is 0 Å². The number of piperidine rings is 1. The zero-order chi connectivity index (χ0) is 14.1. The molecule has 1 heterocycles. The molecule has 4 rings (SSSR count). The Morgan fingerprint density at radius 3 is 2.52 bits per heavy atom. The van der Waals surface area contributed by atoms with Crippen LogP contribution in [0.2, 0.25) is 0 Å². The van der Waals surface area contributed by atoms with Gasteiger partial charge in [-0.15, -0.1) is 0 Å². The van der Waals surface area contributed by atoms with Crippen LogP contribution >= 0.6 is 0 Å². The molecule has 1 nitrogen and oxygen atoms in total. The highest BCUT2D eigenvalue weighted by atomic mass is 14.9. The van der Waals surface area contributed by atoms with Gasteiger partial charge in [-0.05, 0) is 53.6 Å². The van der Waals surface area contributed by atoms with Crippen LogP contribution in [0.3, 0.4) is 0 Å². The molecular formula is C20H25N. The molecule has 0 aromatic heterocycles. The fourth-order valence-electron chi connectivity index (χ4n) is 4.62. The van der Waals surface area contributed by atoms with E-state index in [0.717, 1.165) is 17.8 Å². The Morgan fingerprint density at radius 2 is 1.67 bits per heavy atom. The van der Waals surface area contributed by atoms with Gasteiger partial charge in [0.1, 0.15) is 0 Å². The zero-order valence-corrected chi connectivity index (χ0v) is 12.7. The molecule has 2 fully saturated rings. The van der Waals surface area contributed by atoms with E-state index in [2.05, 4.69) is 47.8 Å². The molecule has 110 valence electrons. The van der Waals surface area contributed by atoms with Crippen LogP contribution in [0.25, 0.3) is 10.8 Å². The minimum Gasteiger partial charge on any atom is -0.316 e. The maximum absolute atomic E-state index is 3.65. The molecular weight excluding hydrogens is 254 g/mol. The predicted octanol–water partition coefficient (Wildman–Crippen LogP) is 4.72. The Kier molecular flexibility index (Phi) is 3.69. The largest absolute Gasteiger partial charge is 0.316 e. The lowest BCUT2D eigenvalue weighted by atomic mass is 9.73. The average molecular weight is 279 g/mol. The van der Waals surface area contributed by atoms with Gasteiger partial charge in [-0.25, -0.2) is 0 Å². The van der Waals surface area contributed by atoms with E-state index in [0.29, 0.717) is 0 Å². The van der Waals surface area contributed by atoms with E-state index in [-0.39, 0.29) is 0 Å². The molecule has 2 unspecified atom stereocenters. The van der Waals surface area contributed by atoms with Gasteiger partial charge < -0.3 is 5.32 Å². The van der Waals surface area contributed by atoms with Crippen molar-refractivity contribution in [3.05, 3.63) is 48.0 Å². The van der Waals surface area contributed by atoms with Crippen LogP contribution in [0.15, 0.2) is 42.5 Å². The standard InChI is InChI=1S/C20H25N/c1-4-8-17-13-18(10-9-15(17)5-1)19-11-12-21-14-20(19)16-6-2-3-7-16/h1,4-5,8-10,13,16,19-21H,2-3,6-7,11-12,14H2. The van der Waals surface area contributed by atoms with Crippen molar-refractivity contribution in [2.24, 2.45) is 11.8 Å². The SMILES string of the molecule is c1ccc2cc(C3CCNCC3C3CCCC3)ccc2c1. The normalized spacial score (nSPS) is 27.2. The summed E-state index contributed by atoms with van der Waals surface area (Å²) >= 11 is 0. The number of hydrogen-bond donors (Lipinski definition) is 1. The average Bonchev–Trinajstić information content (AvgIpc) is 3.09. The van der Waals surface area contributed by atoms with Gasteiger partial charge in [0, 0.05) is 0 Å². The molecule has 2 aromatic carbocycles. The first kappa shape index (κ1) is 13.3. The molecule has 0 amide bonds. The highest BCUT2D eigenvalue weighted by Crippen LogP contribution is 2.42. The van der Waals surface area contributed by atoms with Crippen molar-refractivity contribution in [2.75, 3.05) is 13.1 Å². The minimum atomic E-state index is 0.763. The van der Waals surface area contributed by atoms with Gasteiger partial charge in [0.25, 0.3) is 0 Å². The molecule has 1 N–H and O–H groups in total.